The maximum atomic E-state index is 13.8. The van der Waals surface area contributed by atoms with E-state index in [1.54, 1.807) is 17.4 Å². The van der Waals surface area contributed by atoms with Crippen LogP contribution >= 0.6 is 11.3 Å². The number of rotatable bonds is 6. The van der Waals surface area contributed by atoms with E-state index >= 15 is 0 Å². The van der Waals surface area contributed by atoms with Gasteiger partial charge in [0, 0.05) is 45.5 Å². The molecule has 2 N–H and O–H groups in total. The van der Waals surface area contributed by atoms with E-state index in [1.807, 2.05) is 71.6 Å². The SMILES string of the molecule is Cc1nn(-c2ccccc2)c2c1[C@H](c1ccccc1OCC(=O)O)C1=C(C[C@@H](c3cccs3)CC1=O)N2. The molecule has 1 aliphatic heterocycles. The van der Waals surface area contributed by atoms with Crippen LogP contribution in [0.15, 0.2) is 83.4 Å². The maximum Gasteiger partial charge on any atom is 0.341 e. The second-order valence-electron chi connectivity index (χ2n) is 9.31. The van der Waals surface area contributed by atoms with E-state index in [0.29, 0.717) is 24.2 Å². The lowest BCUT2D eigenvalue weighted by Crippen LogP contribution is -2.30. The van der Waals surface area contributed by atoms with Crippen LogP contribution in [-0.2, 0) is 9.59 Å². The maximum absolute atomic E-state index is 13.8. The van der Waals surface area contributed by atoms with Gasteiger partial charge in [0.05, 0.1) is 11.4 Å². The number of hydrogen-bond donors (Lipinski definition) is 2. The number of aliphatic carboxylic acids is 1. The van der Waals surface area contributed by atoms with Crippen molar-refractivity contribution in [1.29, 1.82) is 0 Å². The van der Waals surface area contributed by atoms with Crippen LogP contribution in [0.3, 0.4) is 0 Å². The molecule has 0 unspecified atom stereocenters. The summed E-state index contributed by atoms with van der Waals surface area (Å²) in [5.41, 5.74) is 4.97. The molecule has 1 aliphatic carbocycles. The molecule has 0 fully saturated rings. The molecule has 0 saturated carbocycles. The van der Waals surface area contributed by atoms with Crippen molar-refractivity contribution in [3.8, 4) is 11.4 Å². The van der Waals surface area contributed by atoms with Crippen molar-refractivity contribution >= 4 is 28.9 Å². The lowest BCUT2D eigenvalue weighted by molar-refractivity contribution is -0.139. The standard InChI is InChI=1S/C29H25N3O4S/c1-17-26-27(20-10-5-6-11-23(20)36-16-25(34)35)28-21(14-18(15-22(28)33)24-12-7-13-37-24)30-29(26)32(31-17)19-8-3-2-4-9-19/h2-13,18,27,30H,14-16H2,1H3,(H,34,35)/t18-,27+/m1/s1. The number of aryl methyl sites for hydroxylation is 1. The molecule has 0 bridgehead atoms. The van der Waals surface area contributed by atoms with Crippen molar-refractivity contribution in [3.63, 3.8) is 0 Å². The van der Waals surface area contributed by atoms with Gasteiger partial charge in [0.25, 0.3) is 0 Å². The van der Waals surface area contributed by atoms with E-state index in [9.17, 15) is 14.7 Å². The Hall–Kier alpha value is -4.17. The summed E-state index contributed by atoms with van der Waals surface area (Å²) in [6.07, 6.45) is 1.13. The first-order valence-corrected chi connectivity index (χ1v) is 13.0. The highest BCUT2D eigenvalue weighted by molar-refractivity contribution is 7.10. The zero-order valence-corrected chi connectivity index (χ0v) is 21.0. The smallest absolute Gasteiger partial charge is 0.341 e. The highest BCUT2D eigenvalue weighted by Crippen LogP contribution is 2.51. The summed E-state index contributed by atoms with van der Waals surface area (Å²) in [4.78, 5) is 26.3. The Morgan fingerprint density at radius 2 is 1.89 bits per heavy atom. The Morgan fingerprint density at radius 3 is 2.65 bits per heavy atom. The minimum atomic E-state index is -1.05. The van der Waals surface area contributed by atoms with Crippen LogP contribution in [0.25, 0.3) is 5.69 Å². The molecule has 0 amide bonds. The number of para-hydroxylation sites is 2. The fourth-order valence-corrected chi connectivity index (χ4v) is 6.29. The molecule has 3 heterocycles. The number of fused-ring (bicyclic) bond motifs is 1. The van der Waals surface area contributed by atoms with Crippen LogP contribution in [0.5, 0.6) is 5.75 Å². The molecule has 0 radical (unpaired) electrons. The number of ketones is 1. The van der Waals surface area contributed by atoms with Gasteiger partial charge in [-0.1, -0.05) is 42.5 Å². The Kier molecular flexibility index (Phi) is 5.88. The lowest BCUT2D eigenvalue weighted by Gasteiger charge is -2.36. The fraction of sp³-hybridized carbons (Fsp3) is 0.207. The number of allylic oxidation sites excluding steroid dienone is 2. The van der Waals surface area contributed by atoms with Crippen LogP contribution < -0.4 is 10.1 Å². The number of hydrogen-bond acceptors (Lipinski definition) is 6. The average Bonchev–Trinajstić information content (AvgIpc) is 3.56. The van der Waals surface area contributed by atoms with E-state index in [1.165, 1.54) is 4.88 Å². The molecule has 4 aromatic rings. The molecule has 2 aliphatic rings. The van der Waals surface area contributed by atoms with Gasteiger partial charge in [0.1, 0.15) is 11.6 Å². The van der Waals surface area contributed by atoms with E-state index < -0.39 is 18.5 Å². The monoisotopic (exact) mass is 511 g/mol. The molecule has 6 rings (SSSR count). The topological polar surface area (TPSA) is 93.5 Å². The number of carbonyl (C=O) groups excluding carboxylic acids is 1. The first kappa shape index (κ1) is 23.2. The molecule has 2 atom stereocenters. The second-order valence-corrected chi connectivity index (χ2v) is 10.3. The third kappa shape index (κ3) is 4.13. The number of ether oxygens (including phenoxy) is 1. The highest BCUT2D eigenvalue weighted by atomic mass is 32.1. The number of thiophene rings is 1. The lowest BCUT2D eigenvalue weighted by atomic mass is 9.73. The van der Waals surface area contributed by atoms with E-state index in [2.05, 4.69) is 11.4 Å². The molecule has 7 nitrogen and oxygen atoms in total. The minimum absolute atomic E-state index is 0.0858. The summed E-state index contributed by atoms with van der Waals surface area (Å²) in [6, 6.07) is 21.4. The molecule has 8 heteroatoms. The Balaban J connectivity index is 1.54. The molecule has 0 saturated heterocycles. The van der Waals surface area contributed by atoms with Crippen molar-refractivity contribution in [3.05, 3.63) is 105 Å². The third-order valence-electron chi connectivity index (χ3n) is 6.99. The van der Waals surface area contributed by atoms with Crippen molar-refractivity contribution in [2.45, 2.75) is 31.6 Å². The van der Waals surface area contributed by atoms with Crippen molar-refractivity contribution < 1.29 is 19.4 Å². The predicted molar refractivity (Wildman–Crippen MR) is 142 cm³/mol. The quantitative estimate of drug-likeness (QED) is 0.347. The third-order valence-corrected chi connectivity index (χ3v) is 8.02. The van der Waals surface area contributed by atoms with Crippen LogP contribution in [0.2, 0.25) is 0 Å². The number of benzene rings is 2. The molecular formula is C29H25N3O4S. The molecule has 2 aromatic heterocycles. The highest BCUT2D eigenvalue weighted by Gasteiger charge is 2.42. The Labute approximate surface area is 218 Å². The summed E-state index contributed by atoms with van der Waals surface area (Å²) in [5, 5.41) is 19.8. The molecule has 2 aromatic carbocycles. The van der Waals surface area contributed by atoms with Gasteiger partial charge in [-0.2, -0.15) is 5.10 Å². The minimum Gasteiger partial charge on any atom is -0.482 e. The number of carboxylic acid groups (broad SMARTS) is 1. The zero-order valence-electron chi connectivity index (χ0n) is 20.2. The number of carbonyl (C=O) groups is 2. The fourth-order valence-electron chi connectivity index (χ4n) is 5.46. The van der Waals surface area contributed by atoms with Crippen LogP contribution in [-0.4, -0.2) is 33.2 Å². The zero-order chi connectivity index (χ0) is 25.5. The predicted octanol–water partition coefficient (Wildman–Crippen LogP) is 5.66. The number of nitrogens with one attached hydrogen (secondary N) is 1. The van der Waals surface area contributed by atoms with Gasteiger partial charge < -0.3 is 15.2 Å². The van der Waals surface area contributed by atoms with Gasteiger partial charge in [-0.15, -0.1) is 11.3 Å². The van der Waals surface area contributed by atoms with Crippen LogP contribution in [0.1, 0.15) is 46.4 Å². The summed E-state index contributed by atoms with van der Waals surface area (Å²) < 4.78 is 7.60. The van der Waals surface area contributed by atoms with E-state index in [4.69, 9.17) is 9.84 Å². The first-order valence-electron chi connectivity index (χ1n) is 12.2. The van der Waals surface area contributed by atoms with Crippen molar-refractivity contribution in [1.82, 2.24) is 9.78 Å². The van der Waals surface area contributed by atoms with E-state index in [-0.39, 0.29) is 11.7 Å². The molecular weight excluding hydrogens is 486 g/mol. The second kappa shape index (κ2) is 9.37. The summed E-state index contributed by atoms with van der Waals surface area (Å²) >= 11 is 1.67. The van der Waals surface area contributed by atoms with Gasteiger partial charge in [-0.25, -0.2) is 9.48 Å². The molecule has 186 valence electrons. The Bertz CT molecular complexity index is 1520. The summed E-state index contributed by atoms with van der Waals surface area (Å²) in [5.74, 6) is -0.0158. The normalized spacial score (nSPS) is 18.7. The first-order chi connectivity index (χ1) is 18.0. The van der Waals surface area contributed by atoms with Crippen molar-refractivity contribution in [2.24, 2.45) is 0 Å². The number of anilines is 1. The van der Waals surface area contributed by atoms with Gasteiger partial charge in [0.2, 0.25) is 0 Å². The number of aromatic nitrogens is 2. The largest absolute Gasteiger partial charge is 0.482 e. The van der Waals surface area contributed by atoms with Crippen LogP contribution in [0, 0.1) is 6.92 Å². The van der Waals surface area contributed by atoms with E-state index in [0.717, 1.165) is 34.0 Å². The summed E-state index contributed by atoms with van der Waals surface area (Å²) in [7, 11) is 0. The van der Waals surface area contributed by atoms with Gasteiger partial charge in [-0.3, -0.25) is 4.79 Å². The van der Waals surface area contributed by atoms with Gasteiger partial charge in [-0.05, 0) is 43.0 Å². The molecule has 0 spiro atoms. The number of carboxylic acids is 1. The van der Waals surface area contributed by atoms with Gasteiger partial charge >= 0.3 is 5.97 Å². The average molecular weight is 512 g/mol. The number of nitrogens with zero attached hydrogens (tertiary/aromatic N) is 2. The Morgan fingerprint density at radius 1 is 1.11 bits per heavy atom. The summed E-state index contributed by atoms with van der Waals surface area (Å²) in [6.45, 7) is 1.48. The van der Waals surface area contributed by atoms with Crippen LogP contribution in [0.4, 0.5) is 5.82 Å². The molecule has 37 heavy (non-hydrogen) atoms. The number of Topliss-reactive ketones (excluding diaryl/α,β-unsaturated/α-hetero) is 1. The van der Waals surface area contributed by atoms with Crippen molar-refractivity contribution in [2.75, 3.05) is 11.9 Å². The van der Waals surface area contributed by atoms with Gasteiger partial charge in [0.15, 0.2) is 12.4 Å².